The number of hydrogen-bond donors (Lipinski definition) is 2. The molecule has 2 aromatic carbocycles. The SMILES string of the molecule is CN=C(NCc1ccc2c(c1)OCCCO2)NCc1cccc(OC)c1OC1CCCC1.I. The standard InChI is InChI=1S/C25H33N3O4.HI/c1-26-25(27-16-18-11-12-21-23(15-18)31-14-6-13-30-21)28-17-19-7-5-10-22(29-2)24(19)32-20-8-3-4-9-20;/h5,7,10-12,15,20H,3-4,6,8-9,13-14,16-17H2,1-2H3,(H2,26,27,28);1H. The highest BCUT2D eigenvalue weighted by Crippen LogP contribution is 2.35. The fourth-order valence-electron chi connectivity index (χ4n) is 4.07. The minimum atomic E-state index is 0. The summed E-state index contributed by atoms with van der Waals surface area (Å²) in [6.45, 7) is 2.58. The van der Waals surface area contributed by atoms with Crippen LogP contribution >= 0.6 is 24.0 Å². The number of halogens is 1. The van der Waals surface area contributed by atoms with E-state index >= 15 is 0 Å². The van der Waals surface area contributed by atoms with Crippen LogP contribution in [-0.4, -0.2) is 39.4 Å². The number of benzene rings is 2. The van der Waals surface area contributed by atoms with Crippen molar-refractivity contribution in [3.63, 3.8) is 0 Å². The van der Waals surface area contributed by atoms with E-state index < -0.39 is 0 Å². The van der Waals surface area contributed by atoms with Gasteiger partial charge in [0, 0.05) is 32.1 Å². The molecule has 8 heteroatoms. The van der Waals surface area contributed by atoms with Gasteiger partial charge in [-0.2, -0.15) is 0 Å². The first kappa shape index (κ1) is 25.3. The zero-order chi connectivity index (χ0) is 22.2. The Kier molecular flexibility index (Phi) is 9.77. The molecule has 2 aromatic rings. The second-order valence-corrected chi connectivity index (χ2v) is 8.08. The Hall–Kier alpha value is -2.36. The Balaban J connectivity index is 0.00000306. The molecule has 0 aromatic heterocycles. The third-order valence-corrected chi connectivity index (χ3v) is 5.81. The van der Waals surface area contributed by atoms with Crippen molar-refractivity contribution in [2.24, 2.45) is 4.99 Å². The smallest absolute Gasteiger partial charge is 0.191 e. The van der Waals surface area contributed by atoms with E-state index in [0.717, 1.165) is 53.4 Å². The molecule has 2 aliphatic rings. The Morgan fingerprint density at radius 2 is 1.76 bits per heavy atom. The van der Waals surface area contributed by atoms with Crippen molar-refractivity contribution in [1.29, 1.82) is 0 Å². The second-order valence-electron chi connectivity index (χ2n) is 8.08. The van der Waals surface area contributed by atoms with Crippen LogP contribution < -0.4 is 29.6 Å². The lowest BCUT2D eigenvalue weighted by molar-refractivity contribution is 0.198. The molecule has 180 valence electrons. The summed E-state index contributed by atoms with van der Waals surface area (Å²) in [5, 5.41) is 6.76. The van der Waals surface area contributed by atoms with Crippen LogP contribution in [0.25, 0.3) is 0 Å². The number of nitrogens with zero attached hydrogens (tertiary/aromatic N) is 1. The van der Waals surface area contributed by atoms with Crippen molar-refractivity contribution in [3.8, 4) is 23.0 Å². The maximum Gasteiger partial charge on any atom is 0.191 e. The fourth-order valence-corrected chi connectivity index (χ4v) is 4.07. The number of methoxy groups -OCH3 is 1. The third-order valence-electron chi connectivity index (χ3n) is 5.81. The first-order valence-electron chi connectivity index (χ1n) is 11.4. The van der Waals surface area contributed by atoms with Gasteiger partial charge in [-0.1, -0.05) is 18.2 Å². The van der Waals surface area contributed by atoms with Crippen molar-refractivity contribution < 1.29 is 18.9 Å². The molecule has 4 rings (SSSR count). The lowest BCUT2D eigenvalue weighted by atomic mass is 10.1. The van der Waals surface area contributed by atoms with E-state index in [1.807, 2.05) is 30.3 Å². The quantitative estimate of drug-likeness (QED) is 0.288. The molecule has 0 spiro atoms. The summed E-state index contributed by atoms with van der Waals surface area (Å²) in [5.74, 6) is 3.92. The lowest BCUT2D eigenvalue weighted by Crippen LogP contribution is -2.36. The van der Waals surface area contributed by atoms with Gasteiger partial charge in [0.1, 0.15) is 0 Å². The Morgan fingerprint density at radius 3 is 2.52 bits per heavy atom. The molecule has 1 aliphatic heterocycles. The van der Waals surface area contributed by atoms with Crippen molar-refractivity contribution in [2.75, 3.05) is 27.4 Å². The Labute approximate surface area is 213 Å². The van der Waals surface area contributed by atoms with Crippen LogP contribution in [0.3, 0.4) is 0 Å². The van der Waals surface area contributed by atoms with Crippen molar-refractivity contribution in [2.45, 2.75) is 51.3 Å². The first-order chi connectivity index (χ1) is 15.8. The highest BCUT2D eigenvalue weighted by molar-refractivity contribution is 14.0. The summed E-state index contributed by atoms with van der Waals surface area (Å²) in [6, 6.07) is 12.0. The van der Waals surface area contributed by atoms with E-state index in [9.17, 15) is 0 Å². The average Bonchev–Trinajstić information content (AvgIpc) is 3.22. The molecule has 33 heavy (non-hydrogen) atoms. The largest absolute Gasteiger partial charge is 0.493 e. The van der Waals surface area contributed by atoms with Gasteiger partial charge in [-0.05, 0) is 49.4 Å². The molecule has 1 fully saturated rings. The average molecular weight is 567 g/mol. The minimum Gasteiger partial charge on any atom is -0.493 e. The summed E-state index contributed by atoms with van der Waals surface area (Å²) < 4.78 is 23.4. The molecule has 2 N–H and O–H groups in total. The predicted octanol–water partition coefficient (Wildman–Crippen LogP) is 4.66. The molecule has 1 heterocycles. The number of guanidine groups is 1. The van der Waals surface area contributed by atoms with Gasteiger partial charge in [0.25, 0.3) is 0 Å². The number of rotatable bonds is 7. The zero-order valence-corrected chi connectivity index (χ0v) is 21.7. The summed E-state index contributed by atoms with van der Waals surface area (Å²) >= 11 is 0. The van der Waals surface area contributed by atoms with Crippen LogP contribution in [0.2, 0.25) is 0 Å². The van der Waals surface area contributed by atoms with Gasteiger partial charge >= 0.3 is 0 Å². The maximum atomic E-state index is 6.34. The lowest BCUT2D eigenvalue weighted by Gasteiger charge is -2.20. The molecule has 0 unspecified atom stereocenters. The second kappa shape index (κ2) is 12.8. The van der Waals surface area contributed by atoms with Crippen LogP contribution in [0.1, 0.15) is 43.2 Å². The topological polar surface area (TPSA) is 73.3 Å². The molecular weight excluding hydrogens is 533 g/mol. The van der Waals surface area contributed by atoms with E-state index in [-0.39, 0.29) is 30.1 Å². The van der Waals surface area contributed by atoms with Gasteiger partial charge in [0.2, 0.25) is 0 Å². The predicted molar refractivity (Wildman–Crippen MR) is 140 cm³/mol. The summed E-state index contributed by atoms with van der Waals surface area (Å²) in [6.07, 6.45) is 5.82. The number of ether oxygens (including phenoxy) is 4. The molecule has 0 bridgehead atoms. The first-order valence-corrected chi connectivity index (χ1v) is 11.4. The minimum absolute atomic E-state index is 0. The molecule has 1 aliphatic carbocycles. The molecular formula is C25H34IN3O4. The number of fused-ring (bicyclic) bond motifs is 1. The van der Waals surface area contributed by atoms with E-state index in [1.165, 1.54) is 12.8 Å². The maximum absolute atomic E-state index is 6.34. The van der Waals surface area contributed by atoms with Crippen LogP contribution in [0.15, 0.2) is 41.4 Å². The highest BCUT2D eigenvalue weighted by atomic mass is 127. The van der Waals surface area contributed by atoms with Crippen LogP contribution in [0.5, 0.6) is 23.0 Å². The molecule has 0 saturated heterocycles. The van der Waals surface area contributed by atoms with Gasteiger partial charge in [0.15, 0.2) is 29.0 Å². The van der Waals surface area contributed by atoms with Gasteiger partial charge < -0.3 is 29.6 Å². The van der Waals surface area contributed by atoms with Gasteiger partial charge in [-0.25, -0.2) is 0 Å². The van der Waals surface area contributed by atoms with Crippen LogP contribution in [0, 0.1) is 0 Å². The third kappa shape index (κ3) is 6.82. The van der Waals surface area contributed by atoms with Gasteiger partial charge in [-0.15, -0.1) is 24.0 Å². The number of aliphatic imine (C=N–C) groups is 1. The molecule has 0 amide bonds. The highest BCUT2D eigenvalue weighted by Gasteiger charge is 2.20. The van der Waals surface area contributed by atoms with Crippen LogP contribution in [0.4, 0.5) is 0 Å². The Bertz CT molecular complexity index is 932. The van der Waals surface area contributed by atoms with E-state index in [1.54, 1.807) is 14.2 Å². The normalized spacial score (nSPS) is 15.9. The number of hydrogen-bond acceptors (Lipinski definition) is 5. The zero-order valence-electron chi connectivity index (χ0n) is 19.4. The van der Waals surface area contributed by atoms with E-state index in [4.69, 9.17) is 18.9 Å². The van der Waals surface area contributed by atoms with Crippen molar-refractivity contribution >= 4 is 29.9 Å². The number of nitrogens with one attached hydrogen (secondary N) is 2. The van der Waals surface area contributed by atoms with Gasteiger partial charge in [-0.3, -0.25) is 4.99 Å². The van der Waals surface area contributed by atoms with Crippen LogP contribution in [-0.2, 0) is 13.1 Å². The number of para-hydroxylation sites is 1. The van der Waals surface area contributed by atoms with Crippen molar-refractivity contribution in [1.82, 2.24) is 10.6 Å². The fraction of sp³-hybridized carbons (Fsp3) is 0.480. The molecule has 0 radical (unpaired) electrons. The molecule has 1 saturated carbocycles. The summed E-state index contributed by atoms with van der Waals surface area (Å²) in [5.41, 5.74) is 2.15. The monoisotopic (exact) mass is 567 g/mol. The summed E-state index contributed by atoms with van der Waals surface area (Å²) in [7, 11) is 3.45. The van der Waals surface area contributed by atoms with E-state index in [2.05, 4.69) is 21.7 Å². The van der Waals surface area contributed by atoms with Gasteiger partial charge in [0.05, 0.1) is 26.4 Å². The molecule has 0 atom stereocenters. The Morgan fingerprint density at radius 1 is 1.00 bits per heavy atom. The summed E-state index contributed by atoms with van der Waals surface area (Å²) in [4.78, 5) is 4.36. The van der Waals surface area contributed by atoms with E-state index in [0.29, 0.717) is 32.3 Å². The van der Waals surface area contributed by atoms with Crippen molar-refractivity contribution in [3.05, 3.63) is 47.5 Å². The molecule has 7 nitrogen and oxygen atoms in total.